The molecule has 0 aliphatic carbocycles. The molecule has 0 aliphatic heterocycles. The maximum absolute atomic E-state index is 11.4. The molecule has 1 rings (SSSR count). The molecule has 0 radical (unpaired) electrons. The van der Waals surface area contributed by atoms with Gasteiger partial charge in [-0.05, 0) is 31.4 Å². The summed E-state index contributed by atoms with van der Waals surface area (Å²) in [6, 6.07) is 3.55. The molecule has 1 aromatic rings. The molecule has 0 spiro atoms. The van der Waals surface area contributed by atoms with Gasteiger partial charge in [-0.25, -0.2) is 0 Å². The van der Waals surface area contributed by atoms with Gasteiger partial charge in [0.25, 0.3) is 0 Å². The second-order valence-electron chi connectivity index (χ2n) is 7.69. The predicted molar refractivity (Wildman–Crippen MR) is 121 cm³/mol. The summed E-state index contributed by atoms with van der Waals surface area (Å²) in [6.45, 7) is 8.49. The first-order valence-electron chi connectivity index (χ1n) is 11.8. The van der Waals surface area contributed by atoms with Crippen LogP contribution in [0.3, 0.4) is 0 Å². The number of aldehydes is 1. The van der Waals surface area contributed by atoms with E-state index in [4.69, 9.17) is 14.2 Å². The molecule has 29 heavy (non-hydrogen) atoms. The molecule has 0 atom stereocenters. The Hall–Kier alpha value is -1.71. The Kier molecular flexibility index (Phi) is 15.0. The zero-order valence-corrected chi connectivity index (χ0v) is 19.0. The number of ether oxygens (including phenoxy) is 3. The summed E-state index contributed by atoms with van der Waals surface area (Å²) in [5, 5.41) is 0. The van der Waals surface area contributed by atoms with Crippen molar-refractivity contribution in [3.05, 3.63) is 17.7 Å². The molecule has 166 valence electrons. The van der Waals surface area contributed by atoms with Crippen LogP contribution in [0.1, 0.15) is 108 Å². The summed E-state index contributed by atoms with van der Waals surface area (Å²) >= 11 is 0. The molecule has 0 unspecified atom stereocenters. The second kappa shape index (κ2) is 17.2. The summed E-state index contributed by atoms with van der Waals surface area (Å²) in [5.41, 5.74) is 0.565. The normalized spacial score (nSPS) is 10.7. The Balaban J connectivity index is 2.82. The molecule has 1 aromatic carbocycles. The first-order valence-corrected chi connectivity index (χ1v) is 11.8. The van der Waals surface area contributed by atoms with E-state index in [0.717, 1.165) is 44.8 Å². The summed E-state index contributed by atoms with van der Waals surface area (Å²) in [5.74, 6) is 1.91. The lowest BCUT2D eigenvalue weighted by molar-refractivity contribution is 0.112. The first kappa shape index (κ1) is 25.3. The zero-order chi connectivity index (χ0) is 21.2. The van der Waals surface area contributed by atoms with Gasteiger partial charge in [-0.15, -0.1) is 0 Å². The van der Waals surface area contributed by atoms with Gasteiger partial charge in [-0.2, -0.15) is 0 Å². The van der Waals surface area contributed by atoms with Gasteiger partial charge in [0.1, 0.15) is 6.29 Å². The van der Waals surface area contributed by atoms with E-state index in [1.807, 2.05) is 0 Å². The minimum Gasteiger partial charge on any atom is -0.490 e. The lowest BCUT2D eigenvalue weighted by atomic mass is 10.2. The van der Waals surface area contributed by atoms with E-state index in [-0.39, 0.29) is 0 Å². The van der Waals surface area contributed by atoms with Gasteiger partial charge in [-0.3, -0.25) is 4.79 Å². The summed E-state index contributed by atoms with van der Waals surface area (Å²) in [7, 11) is 0. The highest BCUT2D eigenvalue weighted by atomic mass is 16.5. The molecule has 0 saturated carbocycles. The highest BCUT2D eigenvalue weighted by Gasteiger charge is 2.16. The van der Waals surface area contributed by atoms with E-state index in [0.29, 0.717) is 42.6 Å². The lowest BCUT2D eigenvalue weighted by Crippen LogP contribution is -2.07. The van der Waals surface area contributed by atoms with E-state index in [9.17, 15) is 4.79 Å². The number of benzene rings is 1. The van der Waals surface area contributed by atoms with E-state index >= 15 is 0 Å². The minimum absolute atomic E-state index is 0.565. The van der Waals surface area contributed by atoms with Gasteiger partial charge in [0.05, 0.1) is 19.8 Å². The lowest BCUT2D eigenvalue weighted by Gasteiger charge is -2.18. The highest BCUT2D eigenvalue weighted by Crippen LogP contribution is 2.39. The van der Waals surface area contributed by atoms with Crippen LogP contribution in [0.15, 0.2) is 12.1 Å². The maximum Gasteiger partial charge on any atom is 0.203 e. The molecule has 0 aliphatic rings. The largest absolute Gasteiger partial charge is 0.490 e. The molecule has 0 amide bonds. The quantitative estimate of drug-likeness (QED) is 0.178. The van der Waals surface area contributed by atoms with Crippen molar-refractivity contribution in [1.82, 2.24) is 0 Å². The zero-order valence-electron chi connectivity index (χ0n) is 19.0. The van der Waals surface area contributed by atoms with Crippen LogP contribution in [0.4, 0.5) is 0 Å². The van der Waals surface area contributed by atoms with Crippen molar-refractivity contribution < 1.29 is 19.0 Å². The Morgan fingerprint density at radius 1 is 0.621 bits per heavy atom. The third-order valence-corrected chi connectivity index (χ3v) is 4.93. The van der Waals surface area contributed by atoms with Crippen LogP contribution in [0.25, 0.3) is 0 Å². The Morgan fingerprint density at radius 2 is 1.03 bits per heavy atom. The van der Waals surface area contributed by atoms with Crippen LogP contribution in [0.5, 0.6) is 17.2 Å². The molecule has 0 fully saturated rings. The molecule has 0 aromatic heterocycles. The predicted octanol–water partition coefficient (Wildman–Crippen LogP) is 7.38. The summed E-state index contributed by atoms with van der Waals surface area (Å²) < 4.78 is 18.2. The van der Waals surface area contributed by atoms with E-state index in [1.54, 1.807) is 12.1 Å². The van der Waals surface area contributed by atoms with Crippen LogP contribution in [0, 0.1) is 0 Å². The molecule has 0 bridgehead atoms. The van der Waals surface area contributed by atoms with Crippen molar-refractivity contribution in [2.45, 2.75) is 97.8 Å². The van der Waals surface area contributed by atoms with Gasteiger partial charge in [-0.1, -0.05) is 78.6 Å². The SMILES string of the molecule is CCCCCCOc1cc(C=O)cc(OCCCCCC)c1OCCCCCC. The second-order valence-corrected chi connectivity index (χ2v) is 7.69. The van der Waals surface area contributed by atoms with Gasteiger partial charge in [0, 0.05) is 5.56 Å². The van der Waals surface area contributed by atoms with Crippen molar-refractivity contribution in [3.8, 4) is 17.2 Å². The Morgan fingerprint density at radius 3 is 1.41 bits per heavy atom. The van der Waals surface area contributed by atoms with Crippen LogP contribution in [0.2, 0.25) is 0 Å². The topological polar surface area (TPSA) is 44.8 Å². The van der Waals surface area contributed by atoms with E-state index in [2.05, 4.69) is 20.8 Å². The summed E-state index contributed by atoms with van der Waals surface area (Å²) in [4.78, 5) is 11.4. The number of hydrogen-bond donors (Lipinski definition) is 0. The van der Waals surface area contributed by atoms with Crippen molar-refractivity contribution in [1.29, 1.82) is 0 Å². The van der Waals surface area contributed by atoms with Crippen molar-refractivity contribution >= 4 is 6.29 Å². The van der Waals surface area contributed by atoms with Gasteiger partial charge in [0.2, 0.25) is 5.75 Å². The molecule has 0 N–H and O–H groups in total. The third kappa shape index (κ3) is 11.2. The van der Waals surface area contributed by atoms with Crippen molar-refractivity contribution in [2.75, 3.05) is 19.8 Å². The fourth-order valence-corrected chi connectivity index (χ4v) is 3.15. The monoisotopic (exact) mass is 406 g/mol. The number of hydrogen-bond acceptors (Lipinski definition) is 4. The molecule has 4 heteroatoms. The van der Waals surface area contributed by atoms with Gasteiger partial charge < -0.3 is 14.2 Å². The highest BCUT2D eigenvalue weighted by molar-refractivity contribution is 5.78. The molecule has 4 nitrogen and oxygen atoms in total. The minimum atomic E-state index is 0.565. The fraction of sp³-hybridized carbons (Fsp3) is 0.720. The van der Waals surface area contributed by atoms with Crippen LogP contribution in [-0.4, -0.2) is 26.1 Å². The van der Waals surface area contributed by atoms with E-state index in [1.165, 1.54) is 38.5 Å². The molecular weight excluding hydrogens is 364 g/mol. The van der Waals surface area contributed by atoms with Gasteiger partial charge >= 0.3 is 0 Å². The van der Waals surface area contributed by atoms with Gasteiger partial charge in [0.15, 0.2) is 11.5 Å². The van der Waals surface area contributed by atoms with Crippen LogP contribution >= 0.6 is 0 Å². The average Bonchev–Trinajstić information content (AvgIpc) is 2.74. The maximum atomic E-state index is 11.4. The van der Waals surface area contributed by atoms with Crippen LogP contribution < -0.4 is 14.2 Å². The fourth-order valence-electron chi connectivity index (χ4n) is 3.15. The Bertz CT molecular complexity index is 507. The summed E-state index contributed by atoms with van der Waals surface area (Å²) in [6.07, 6.45) is 14.6. The van der Waals surface area contributed by atoms with Crippen molar-refractivity contribution in [3.63, 3.8) is 0 Å². The van der Waals surface area contributed by atoms with E-state index < -0.39 is 0 Å². The molecule has 0 saturated heterocycles. The van der Waals surface area contributed by atoms with Crippen LogP contribution in [-0.2, 0) is 0 Å². The number of unbranched alkanes of at least 4 members (excludes halogenated alkanes) is 9. The van der Waals surface area contributed by atoms with Crippen molar-refractivity contribution in [2.24, 2.45) is 0 Å². The third-order valence-electron chi connectivity index (χ3n) is 4.93. The number of rotatable bonds is 19. The number of carbonyl (C=O) groups excluding carboxylic acids is 1. The number of carbonyl (C=O) groups is 1. The molecule has 0 heterocycles. The average molecular weight is 407 g/mol. The first-order chi connectivity index (χ1) is 14.3. The smallest absolute Gasteiger partial charge is 0.203 e. The Labute approximate surface area is 178 Å². The molecular formula is C25H42O4. The standard InChI is InChI=1S/C25H42O4/c1-4-7-10-13-16-27-23-19-22(21-26)20-24(28-17-14-11-8-5-2)25(23)29-18-15-12-9-6-3/h19-21H,4-18H2,1-3H3.